The maximum absolute atomic E-state index is 14.1. The summed E-state index contributed by atoms with van der Waals surface area (Å²) < 4.78 is 28.1. The number of hydrogen-bond donors (Lipinski definition) is 2. The molecule has 32 heavy (non-hydrogen) atoms. The molecule has 1 aromatic carbocycles. The second-order valence-corrected chi connectivity index (χ2v) is 9.58. The normalized spacial score (nSPS) is 23.4. The first kappa shape index (κ1) is 21.3. The number of amides is 1. The predicted octanol–water partition coefficient (Wildman–Crippen LogP) is 4.28. The molecule has 170 valence electrons. The van der Waals surface area contributed by atoms with Gasteiger partial charge in [0.05, 0.1) is 11.3 Å². The molecule has 2 aliphatic heterocycles. The molecule has 3 aliphatic rings. The average molecular weight is 441 g/mol. The van der Waals surface area contributed by atoms with Crippen LogP contribution in [0.5, 0.6) is 0 Å². The summed E-state index contributed by atoms with van der Waals surface area (Å²) in [5, 5.41) is 6.74. The largest absolute Gasteiger partial charge is 0.368 e. The standard InChI is InChI=1S/C25H30F2N4O/c26-19-10-18(11-20(27)12-19)21-14-28-15-22(24(32)29-13-17-4-1-2-5-17)23(21)31-9-7-25(16-31)6-3-8-30-25/h10-12,14-15,17,30H,1-9,13,16H2,(H,29,32). The van der Waals surface area contributed by atoms with Crippen molar-refractivity contribution in [3.05, 3.63) is 47.8 Å². The number of carbonyl (C=O) groups excluding carboxylic acids is 1. The Bertz CT molecular complexity index is 979. The lowest BCUT2D eigenvalue weighted by molar-refractivity contribution is 0.0947. The van der Waals surface area contributed by atoms with Crippen LogP contribution >= 0.6 is 0 Å². The number of anilines is 1. The second-order valence-electron chi connectivity index (χ2n) is 9.58. The summed E-state index contributed by atoms with van der Waals surface area (Å²) in [4.78, 5) is 19.8. The van der Waals surface area contributed by atoms with Crippen molar-refractivity contribution < 1.29 is 13.6 Å². The molecule has 2 aromatic rings. The van der Waals surface area contributed by atoms with Crippen molar-refractivity contribution in [3.63, 3.8) is 0 Å². The maximum atomic E-state index is 14.1. The number of aromatic nitrogens is 1. The van der Waals surface area contributed by atoms with Crippen LogP contribution in [0, 0.1) is 17.6 Å². The number of hydrogen-bond acceptors (Lipinski definition) is 4. The van der Waals surface area contributed by atoms with Gasteiger partial charge in [-0.05, 0) is 62.3 Å². The zero-order valence-corrected chi connectivity index (χ0v) is 18.3. The van der Waals surface area contributed by atoms with Gasteiger partial charge in [-0.1, -0.05) is 12.8 Å². The summed E-state index contributed by atoms with van der Waals surface area (Å²) in [6.45, 7) is 3.21. The molecule has 5 nitrogen and oxygen atoms in total. The van der Waals surface area contributed by atoms with Crippen molar-refractivity contribution in [2.45, 2.75) is 50.5 Å². The zero-order valence-electron chi connectivity index (χ0n) is 18.3. The number of carbonyl (C=O) groups is 1. The molecule has 1 atom stereocenters. The van der Waals surface area contributed by atoms with Crippen LogP contribution in [-0.2, 0) is 0 Å². The fourth-order valence-electron chi connectivity index (χ4n) is 5.71. The number of rotatable bonds is 5. The van der Waals surface area contributed by atoms with Crippen molar-refractivity contribution in [3.8, 4) is 11.1 Å². The highest BCUT2D eigenvalue weighted by Gasteiger charge is 2.41. The zero-order chi connectivity index (χ0) is 22.1. The highest BCUT2D eigenvalue weighted by Crippen LogP contribution is 2.40. The van der Waals surface area contributed by atoms with Crippen LogP contribution in [-0.4, -0.2) is 42.6 Å². The van der Waals surface area contributed by atoms with Gasteiger partial charge in [0.15, 0.2) is 0 Å². The summed E-state index contributed by atoms with van der Waals surface area (Å²) >= 11 is 0. The van der Waals surface area contributed by atoms with E-state index in [1.165, 1.54) is 25.0 Å². The minimum Gasteiger partial charge on any atom is -0.368 e. The average Bonchev–Trinajstić information content (AvgIpc) is 3.54. The molecular weight excluding hydrogens is 410 g/mol. The summed E-state index contributed by atoms with van der Waals surface area (Å²) in [6, 6.07) is 3.48. The number of pyridine rings is 1. The minimum atomic E-state index is -0.641. The van der Waals surface area contributed by atoms with Gasteiger partial charge in [-0.15, -0.1) is 0 Å². The highest BCUT2D eigenvalue weighted by atomic mass is 19.1. The number of benzene rings is 1. The fraction of sp³-hybridized carbons (Fsp3) is 0.520. The van der Waals surface area contributed by atoms with Gasteiger partial charge in [0, 0.05) is 49.2 Å². The molecule has 0 radical (unpaired) electrons. The van der Waals surface area contributed by atoms with E-state index in [-0.39, 0.29) is 11.4 Å². The third kappa shape index (κ3) is 4.22. The van der Waals surface area contributed by atoms with Gasteiger partial charge in [-0.3, -0.25) is 9.78 Å². The Balaban J connectivity index is 1.51. The Kier molecular flexibility index (Phi) is 5.84. The summed E-state index contributed by atoms with van der Waals surface area (Å²) in [6.07, 6.45) is 11.2. The molecule has 7 heteroatoms. The van der Waals surface area contributed by atoms with E-state index in [1.807, 2.05) is 0 Å². The van der Waals surface area contributed by atoms with Crippen LogP contribution in [0.3, 0.4) is 0 Å². The van der Waals surface area contributed by atoms with E-state index >= 15 is 0 Å². The van der Waals surface area contributed by atoms with E-state index in [0.717, 1.165) is 63.5 Å². The molecule has 3 fully saturated rings. The molecule has 1 aliphatic carbocycles. The lowest BCUT2D eigenvalue weighted by Gasteiger charge is -2.28. The molecule has 2 N–H and O–H groups in total. The first-order valence-electron chi connectivity index (χ1n) is 11.8. The molecule has 2 saturated heterocycles. The Morgan fingerprint density at radius 3 is 2.62 bits per heavy atom. The van der Waals surface area contributed by atoms with Crippen molar-refractivity contribution in [2.75, 3.05) is 31.1 Å². The van der Waals surface area contributed by atoms with E-state index in [9.17, 15) is 13.6 Å². The highest BCUT2D eigenvalue weighted by molar-refractivity contribution is 6.03. The van der Waals surface area contributed by atoms with Crippen LogP contribution in [0.1, 0.15) is 55.3 Å². The molecule has 1 amide bonds. The van der Waals surface area contributed by atoms with Crippen molar-refractivity contribution >= 4 is 11.6 Å². The Labute approximate surface area is 187 Å². The molecule has 0 bridgehead atoms. The smallest absolute Gasteiger partial charge is 0.254 e. The molecule has 1 unspecified atom stereocenters. The topological polar surface area (TPSA) is 57.3 Å². The van der Waals surface area contributed by atoms with E-state index < -0.39 is 11.6 Å². The SMILES string of the molecule is O=C(NCC1CCCC1)c1cncc(-c2cc(F)cc(F)c2)c1N1CCC2(CCCN2)C1. The van der Waals surface area contributed by atoms with Crippen molar-refractivity contribution in [1.29, 1.82) is 0 Å². The predicted molar refractivity (Wildman–Crippen MR) is 121 cm³/mol. The monoisotopic (exact) mass is 440 g/mol. The van der Waals surface area contributed by atoms with Gasteiger partial charge in [-0.2, -0.15) is 0 Å². The van der Waals surface area contributed by atoms with Gasteiger partial charge >= 0.3 is 0 Å². The first-order chi connectivity index (χ1) is 15.5. The van der Waals surface area contributed by atoms with E-state index in [0.29, 0.717) is 29.2 Å². The Morgan fingerprint density at radius 1 is 1.12 bits per heavy atom. The van der Waals surface area contributed by atoms with Crippen molar-refractivity contribution in [1.82, 2.24) is 15.6 Å². The minimum absolute atomic E-state index is 0.0469. The third-order valence-electron chi connectivity index (χ3n) is 7.36. The quantitative estimate of drug-likeness (QED) is 0.729. The van der Waals surface area contributed by atoms with Gasteiger partial charge in [0.25, 0.3) is 5.91 Å². The second kappa shape index (κ2) is 8.77. The summed E-state index contributed by atoms with van der Waals surface area (Å²) in [5.41, 5.74) is 2.23. The maximum Gasteiger partial charge on any atom is 0.254 e. The van der Waals surface area contributed by atoms with Crippen LogP contribution < -0.4 is 15.5 Å². The van der Waals surface area contributed by atoms with Crippen LogP contribution in [0.25, 0.3) is 11.1 Å². The third-order valence-corrected chi connectivity index (χ3v) is 7.36. The number of halogens is 2. The van der Waals surface area contributed by atoms with Gasteiger partial charge in [0.2, 0.25) is 0 Å². The molecule has 3 heterocycles. The summed E-state index contributed by atoms with van der Waals surface area (Å²) in [5.74, 6) is -0.929. The Hall–Kier alpha value is -2.54. The van der Waals surface area contributed by atoms with Crippen LogP contribution in [0.4, 0.5) is 14.5 Å². The lowest BCUT2D eigenvalue weighted by Crippen LogP contribution is -2.42. The number of nitrogens with zero attached hydrogens (tertiary/aromatic N) is 2. The van der Waals surface area contributed by atoms with E-state index in [1.54, 1.807) is 12.4 Å². The van der Waals surface area contributed by atoms with Gasteiger partial charge in [-0.25, -0.2) is 8.78 Å². The lowest BCUT2D eigenvalue weighted by atomic mass is 9.96. The van der Waals surface area contributed by atoms with Gasteiger partial charge in [0.1, 0.15) is 11.6 Å². The van der Waals surface area contributed by atoms with Crippen LogP contribution in [0.2, 0.25) is 0 Å². The van der Waals surface area contributed by atoms with Crippen molar-refractivity contribution in [2.24, 2.45) is 5.92 Å². The van der Waals surface area contributed by atoms with E-state index in [4.69, 9.17) is 0 Å². The molecule has 1 aromatic heterocycles. The molecule has 1 saturated carbocycles. The molecule has 5 rings (SSSR count). The number of nitrogens with one attached hydrogen (secondary N) is 2. The molecule has 1 spiro atoms. The Morgan fingerprint density at radius 2 is 1.91 bits per heavy atom. The summed E-state index contributed by atoms with van der Waals surface area (Å²) in [7, 11) is 0. The van der Waals surface area contributed by atoms with E-state index in [2.05, 4.69) is 20.5 Å². The van der Waals surface area contributed by atoms with Gasteiger partial charge < -0.3 is 15.5 Å². The van der Waals surface area contributed by atoms with Crippen LogP contribution in [0.15, 0.2) is 30.6 Å². The molecular formula is C25H30F2N4O. The first-order valence-corrected chi connectivity index (χ1v) is 11.8. The fourth-order valence-corrected chi connectivity index (χ4v) is 5.71.